The number of hydrogen-bond acceptors (Lipinski definition) is 8. The maximum absolute atomic E-state index is 8.21. The molecule has 0 aromatic carbocycles. The second-order valence-corrected chi connectivity index (χ2v) is 29.6. The predicted octanol–water partition coefficient (Wildman–Crippen LogP) is 8.20. The molecule has 12 heteroatoms. The van der Waals surface area contributed by atoms with Crippen molar-refractivity contribution < 1.29 is 35.4 Å². The lowest BCUT2D eigenvalue weighted by atomic mass is 10.4. The second kappa shape index (κ2) is 16.8. The summed E-state index contributed by atoms with van der Waals surface area (Å²) in [5.74, 6) is 0. The number of methoxy groups -OCH3 is 4. The average molecular weight is 689 g/mol. The lowest BCUT2D eigenvalue weighted by Crippen LogP contribution is -2.74. The van der Waals surface area contributed by atoms with E-state index >= 15 is 0 Å². The highest BCUT2D eigenvalue weighted by atomic mass is 28.5. The molecule has 256 valence electrons. The third-order valence-electron chi connectivity index (χ3n) is 11.9. The first-order chi connectivity index (χ1) is 21.5. The fourth-order valence-corrected chi connectivity index (χ4v) is 38.4. The van der Waals surface area contributed by atoms with Crippen molar-refractivity contribution in [2.24, 2.45) is 0 Å². The Kier molecular flexibility index (Phi) is 13.7. The zero-order valence-corrected chi connectivity index (χ0v) is 32.5. The molecule has 0 spiro atoms. The summed E-state index contributed by atoms with van der Waals surface area (Å²) in [4.78, 5) is 0. The van der Waals surface area contributed by atoms with Crippen LogP contribution in [0.1, 0.15) is 103 Å². The van der Waals surface area contributed by atoms with Gasteiger partial charge in [0, 0.05) is 101 Å². The van der Waals surface area contributed by atoms with E-state index in [1.807, 2.05) is 28.4 Å². The summed E-state index contributed by atoms with van der Waals surface area (Å²) in [5.41, 5.74) is 1.87. The predicted molar refractivity (Wildman–Crippen MR) is 183 cm³/mol. The van der Waals surface area contributed by atoms with Crippen molar-refractivity contribution >= 4 is 34.2 Å². The van der Waals surface area contributed by atoms with Crippen LogP contribution in [0.15, 0.2) is 0 Å². The van der Waals surface area contributed by atoms with Crippen LogP contribution in [0, 0.1) is 0 Å². The van der Waals surface area contributed by atoms with E-state index in [2.05, 4.69) is 0 Å². The molecule has 0 aromatic rings. The van der Waals surface area contributed by atoms with Crippen LogP contribution >= 0.6 is 0 Å². The Labute approximate surface area is 272 Å². The molecule has 1 saturated heterocycles. The second-order valence-electron chi connectivity index (χ2n) is 14.6. The van der Waals surface area contributed by atoms with Gasteiger partial charge in [-0.15, -0.1) is 0 Å². The number of rotatable bonds is 16. The van der Waals surface area contributed by atoms with Crippen LogP contribution in [-0.4, -0.2) is 89.1 Å². The molecule has 4 aliphatic carbocycles. The van der Waals surface area contributed by atoms with E-state index in [-0.39, 0.29) is 0 Å². The van der Waals surface area contributed by atoms with E-state index in [1.165, 1.54) is 103 Å². The number of hydrogen-bond donors (Lipinski definition) is 0. The van der Waals surface area contributed by atoms with E-state index in [1.54, 1.807) is 0 Å². The van der Waals surface area contributed by atoms with Crippen LogP contribution in [-0.2, 0) is 35.4 Å². The minimum atomic E-state index is -2.86. The molecule has 1 aliphatic heterocycles. The Balaban J connectivity index is 1.72. The summed E-state index contributed by atoms with van der Waals surface area (Å²) in [6, 6.07) is 3.50. The van der Waals surface area contributed by atoms with E-state index in [4.69, 9.17) is 35.4 Å². The Morgan fingerprint density at radius 2 is 0.545 bits per heavy atom. The van der Waals surface area contributed by atoms with E-state index in [9.17, 15) is 0 Å². The largest absolute Gasteiger partial charge is 0.415 e. The monoisotopic (exact) mass is 688 g/mol. The van der Waals surface area contributed by atoms with E-state index < -0.39 is 34.2 Å². The summed E-state index contributed by atoms with van der Waals surface area (Å²) in [6.45, 7) is 2.71. The van der Waals surface area contributed by atoms with Crippen LogP contribution in [0.2, 0.25) is 46.3 Å². The molecule has 0 atom stereocenters. The maximum Gasteiger partial charge on any atom is 0.326 e. The van der Waals surface area contributed by atoms with Gasteiger partial charge in [-0.25, -0.2) is 0 Å². The average Bonchev–Trinajstić information content (AvgIpc) is 3.86. The molecule has 44 heavy (non-hydrogen) atoms. The molecule has 5 aliphatic rings. The molecule has 1 heterocycles. The lowest BCUT2D eigenvalue weighted by molar-refractivity contribution is 0.144. The fourth-order valence-electron chi connectivity index (χ4n) is 9.58. The first kappa shape index (κ1) is 35.8. The molecule has 0 bridgehead atoms. The van der Waals surface area contributed by atoms with Gasteiger partial charge in [-0.2, -0.15) is 0 Å². The minimum Gasteiger partial charge on any atom is -0.415 e. The molecular weight excluding hydrogens is 625 g/mol. The van der Waals surface area contributed by atoms with Crippen LogP contribution < -0.4 is 0 Å². The van der Waals surface area contributed by atoms with Crippen molar-refractivity contribution in [2.75, 3.05) is 54.9 Å². The highest BCUT2D eigenvalue weighted by molar-refractivity contribution is 6.96. The minimum absolute atomic E-state index is 0.469. The Morgan fingerprint density at radius 1 is 0.364 bits per heavy atom. The zero-order valence-electron chi connectivity index (χ0n) is 28.5. The first-order valence-electron chi connectivity index (χ1n) is 18.3. The van der Waals surface area contributed by atoms with Gasteiger partial charge in [0.1, 0.15) is 0 Å². The molecule has 0 radical (unpaired) electrons. The topological polar surface area (TPSA) is 73.8 Å². The van der Waals surface area contributed by atoms with E-state index in [0.29, 0.717) is 48.6 Å². The van der Waals surface area contributed by atoms with Crippen molar-refractivity contribution in [3.05, 3.63) is 0 Å². The van der Waals surface area contributed by atoms with Crippen LogP contribution in [0.25, 0.3) is 0 Å². The van der Waals surface area contributed by atoms with Crippen molar-refractivity contribution in [3.8, 4) is 0 Å². The van der Waals surface area contributed by atoms with Crippen LogP contribution in [0.3, 0.4) is 0 Å². The molecule has 8 nitrogen and oxygen atoms in total. The van der Waals surface area contributed by atoms with Crippen molar-refractivity contribution in [1.82, 2.24) is 0 Å². The molecule has 4 saturated carbocycles. The SMILES string of the molecule is COCC[Si]1(C2CCCC2)O[Si](CCOC)(C2CCCC2)O[Si](CCOC)(C2CCCC2)O[Si](CCOC)(C2CCCC2)O1. The summed E-state index contributed by atoms with van der Waals surface area (Å²) in [6.07, 6.45) is 19.7. The van der Waals surface area contributed by atoms with Gasteiger partial charge in [-0.1, -0.05) is 51.4 Å². The van der Waals surface area contributed by atoms with Gasteiger partial charge < -0.3 is 35.4 Å². The molecule has 0 N–H and O–H groups in total. The van der Waals surface area contributed by atoms with Crippen LogP contribution in [0.5, 0.6) is 0 Å². The number of ether oxygens (including phenoxy) is 4. The zero-order chi connectivity index (χ0) is 30.9. The maximum atomic E-state index is 8.21. The molecule has 0 aromatic heterocycles. The van der Waals surface area contributed by atoms with Gasteiger partial charge in [0.05, 0.1) is 0 Å². The van der Waals surface area contributed by atoms with Crippen LogP contribution in [0.4, 0.5) is 0 Å². The highest BCUT2D eigenvalue weighted by Gasteiger charge is 2.69. The van der Waals surface area contributed by atoms with E-state index in [0.717, 1.165) is 24.2 Å². The molecular formula is C32H64O8Si4. The Bertz CT molecular complexity index is 700. The summed E-state index contributed by atoms with van der Waals surface area (Å²) in [5, 5.41) is 0. The van der Waals surface area contributed by atoms with Gasteiger partial charge >= 0.3 is 34.2 Å². The molecule has 0 unspecified atom stereocenters. The lowest BCUT2D eigenvalue weighted by Gasteiger charge is -2.58. The Hall–Kier alpha value is 0.548. The van der Waals surface area contributed by atoms with Gasteiger partial charge in [0.25, 0.3) is 0 Å². The quantitative estimate of drug-likeness (QED) is 0.150. The smallest absolute Gasteiger partial charge is 0.326 e. The first-order valence-corrected chi connectivity index (χ1v) is 26.7. The van der Waals surface area contributed by atoms with Crippen molar-refractivity contribution in [1.29, 1.82) is 0 Å². The van der Waals surface area contributed by atoms with Gasteiger partial charge in [-0.3, -0.25) is 0 Å². The highest BCUT2D eigenvalue weighted by Crippen LogP contribution is 2.58. The molecule has 5 rings (SSSR count). The molecule has 5 fully saturated rings. The normalized spacial score (nSPS) is 36.8. The fraction of sp³-hybridized carbons (Fsp3) is 1.00. The standard InChI is InChI=1S/C32H64O8Si4/c1-33-21-25-41(29-13-5-6-14-29)37-42(26-22-34-2,30-15-7-8-16-30)39-44(28-24-36-4,32-19-11-12-20-32)40-43(38-41,27-23-35-3)31-17-9-10-18-31/h29-32H,5-28H2,1-4H3. The van der Waals surface area contributed by atoms with Gasteiger partial charge in [-0.05, 0) is 51.4 Å². The summed E-state index contributed by atoms with van der Waals surface area (Å²) >= 11 is 0. The van der Waals surface area contributed by atoms with Gasteiger partial charge in [0.15, 0.2) is 0 Å². The molecule has 0 amide bonds. The Morgan fingerprint density at radius 3 is 0.705 bits per heavy atom. The van der Waals surface area contributed by atoms with Gasteiger partial charge in [0.2, 0.25) is 0 Å². The summed E-state index contributed by atoms with van der Waals surface area (Å²) < 4.78 is 56.4. The third-order valence-corrected chi connectivity index (χ3v) is 33.9. The summed E-state index contributed by atoms with van der Waals surface area (Å²) in [7, 11) is -4.09. The van der Waals surface area contributed by atoms with Crippen molar-refractivity contribution in [3.63, 3.8) is 0 Å². The third kappa shape index (κ3) is 7.88. The van der Waals surface area contributed by atoms with Crippen molar-refractivity contribution in [2.45, 2.75) is 149 Å².